The number of fused-ring (bicyclic) bond motifs is 3. The van der Waals surface area contributed by atoms with Gasteiger partial charge in [-0.2, -0.15) is 13.2 Å². The molecule has 0 unspecified atom stereocenters. The molecule has 0 aliphatic carbocycles. The molecule has 0 saturated heterocycles. The largest absolute Gasteiger partial charge is 1.00 e. The molecule has 36 heavy (non-hydrogen) atoms. The average molecular weight is 544 g/mol. The van der Waals surface area contributed by atoms with Crippen LogP contribution in [0, 0.1) is 0 Å². The van der Waals surface area contributed by atoms with E-state index < -0.39 is 11.7 Å². The van der Waals surface area contributed by atoms with Gasteiger partial charge in [-0.15, -0.1) is 0 Å². The van der Waals surface area contributed by atoms with E-state index in [-0.39, 0.29) is 34.4 Å². The second-order valence-electron chi connectivity index (χ2n) is 8.42. The van der Waals surface area contributed by atoms with Gasteiger partial charge in [-0.25, -0.2) is 0 Å². The van der Waals surface area contributed by atoms with Gasteiger partial charge in [-0.05, 0) is 55.4 Å². The minimum Gasteiger partial charge on any atom is -0.434 e. The number of nitrogens with zero attached hydrogens (tertiary/aromatic N) is 5. The summed E-state index contributed by atoms with van der Waals surface area (Å²) in [6.07, 6.45) is -1.41. The molecule has 2 amide bonds. The Bertz CT molecular complexity index is 1510. The number of carbonyl (C=O) groups is 1. The first-order chi connectivity index (χ1) is 16.7. The zero-order chi connectivity index (χ0) is 24.9. The van der Waals surface area contributed by atoms with Crippen molar-refractivity contribution in [2.45, 2.75) is 19.1 Å². The molecule has 0 saturated carbocycles. The van der Waals surface area contributed by atoms with E-state index in [1.807, 2.05) is 25.2 Å². The molecule has 190 valence electrons. The second-order valence-corrected chi connectivity index (χ2v) is 8.42. The Kier molecular flexibility index (Phi) is 6.72. The van der Waals surface area contributed by atoms with Crippen molar-refractivity contribution in [1.29, 1.82) is 0 Å². The van der Waals surface area contributed by atoms with Gasteiger partial charge in [0.1, 0.15) is 0 Å². The first-order valence-corrected chi connectivity index (χ1v) is 10.9. The van der Waals surface area contributed by atoms with Crippen molar-refractivity contribution in [3.63, 3.8) is 0 Å². The molecule has 0 spiro atoms. The summed E-state index contributed by atoms with van der Waals surface area (Å²) in [4.78, 5) is 30.5. The van der Waals surface area contributed by atoms with Crippen molar-refractivity contribution in [2.24, 2.45) is 7.05 Å². The molecule has 0 radical (unpaired) electrons. The predicted molar refractivity (Wildman–Crippen MR) is 126 cm³/mol. The number of pyridine rings is 2. The molecule has 0 N–H and O–H groups in total. The average Bonchev–Trinajstić information content (AvgIpc) is 3.13. The van der Waals surface area contributed by atoms with Gasteiger partial charge in [0.2, 0.25) is 0 Å². The number of alkyl halides is 3. The van der Waals surface area contributed by atoms with Crippen molar-refractivity contribution in [3.8, 4) is 16.9 Å². The van der Waals surface area contributed by atoms with Crippen LogP contribution < -0.4 is 5.56 Å². The SMILES string of the molecule is C[N-]C(=O)N1CCc2c(c3ccc(-n4ccc(-c5ccc(C(F)(F)F)cn5)cc4=O)cc3n2C)C1.[Cu+]. The number of aromatic nitrogens is 3. The summed E-state index contributed by atoms with van der Waals surface area (Å²) >= 11 is 0. The Morgan fingerprint density at radius 1 is 1.11 bits per heavy atom. The van der Waals surface area contributed by atoms with Crippen molar-refractivity contribution in [2.75, 3.05) is 13.6 Å². The first-order valence-electron chi connectivity index (χ1n) is 10.9. The molecule has 1 aliphatic rings. The standard InChI is InChI=1S/C25H22F3N5O2.Cu/c1-29-24(35)32-9-8-21-19(14-32)18-5-4-17(12-22(18)31(21)2)33-10-7-15(11-23(33)34)20-6-3-16(13-30-20)25(26,27)28;/h3-7,10-13H,8-9,14H2,1-2H3,(H,29,35);/q;+1/p-1. The number of halogens is 3. The second kappa shape index (κ2) is 9.48. The van der Waals surface area contributed by atoms with Crippen LogP contribution in [0.4, 0.5) is 18.0 Å². The van der Waals surface area contributed by atoms with Crippen molar-refractivity contribution in [1.82, 2.24) is 19.0 Å². The maximum Gasteiger partial charge on any atom is 1.00 e. The number of amides is 2. The summed E-state index contributed by atoms with van der Waals surface area (Å²) in [7, 11) is 3.46. The first kappa shape index (κ1) is 25.5. The summed E-state index contributed by atoms with van der Waals surface area (Å²) in [6, 6.07) is 10.7. The molecule has 1 aromatic carbocycles. The summed E-state index contributed by atoms with van der Waals surface area (Å²) < 4.78 is 42.0. The molecule has 0 atom stereocenters. The molecule has 4 heterocycles. The van der Waals surface area contributed by atoms with Crippen LogP contribution in [0.15, 0.2) is 59.7 Å². The van der Waals surface area contributed by atoms with E-state index in [0.29, 0.717) is 30.8 Å². The number of benzene rings is 1. The van der Waals surface area contributed by atoms with Crippen molar-refractivity contribution >= 4 is 16.9 Å². The van der Waals surface area contributed by atoms with Gasteiger partial charge in [0, 0.05) is 42.2 Å². The fourth-order valence-corrected chi connectivity index (χ4v) is 4.60. The van der Waals surface area contributed by atoms with Gasteiger partial charge in [-0.3, -0.25) is 19.1 Å². The fourth-order valence-electron chi connectivity index (χ4n) is 4.60. The normalized spacial score (nSPS) is 13.3. The van der Waals surface area contributed by atoms with Crippen LogP contribution in [-0.2, 0) is 43.3 Å². The number of urea groups is 1. The molecular weight excluding hydrogens is 523 g/mol. The molecule has 3 aromatic heterocycles. The Balaban J connectivity index is 0.00000304. The molecule has 4 aromatic rings. The number of rotatable bonds is 2. The summed E-state index contributed by atoms with van der Waals surface area (Å²) in [6.45, 7) is 1.08. The summed E-state index contributed by atoms with van der Waals surface area (Å²) in [5.74, 6) is 0. The maximum atomic E-state index is 12.9. The summed E-state index contributed by atoms with van der Waals surface area (Å²) in [5, 5.41) is 4.78. The number of aryl methyl sites for hydroxylation is 1. The molecule has 0 fully saturated rings. The fraction of sp³-hybridized carbons (Fsp3) is 0.240. The van der Waals surface area contributed by atoms with Crippen LogP contribution in [0.2, 0.25) is 0 Å². The number of hydrogen-bond donors (Lipinski definition) is 0. The monoisotopic (exact) mass is 543 g/mol. The van der Waals surface area contributed by atoms with E-state index in [9.17, 15) is 22.8 Å². The van der Waals surface area contributed by atoms with Crippen LogP contribution in [0.1, 0.15) is 16.8 Å². The smallest absolute Gasteiger partial charge is 0.434 e. The minimum absolute atomic E-state index is 0. The Morgan fingerprint density at radius 2 is 1.89 bits per heavy atom. The van der Waals surface area contributed by atoms with Crippen LogP contribution >= 0.6 is 0 Å². The zero-order valence-corrected chi connectivity index (χ0v) is 20.2. The molecule has 0 bridgehead atoms. The molecule has 7 nitrogen and oxygen atoms in total. The van der Waals surface area contributed by atoms with Crippen molar-refractivity contribution < 1.29 is 35.0 Å². The molecule has 5 rings (SSSR count). The predicted octanol–water partition coefficient (Wildman–Crippen LogP) is 4.89. The van der Waals surface area contributed by atoms with E-state index in [1.54, 1.807) is 17.2 Å². The quantitative estimate of drug-likeness (QED) is 0.338. The Labute approximate surface area is 215 Å². The third-order valence-corrected chi connectivity index (χ3v) is 6.43. The third-order valence-electron chi connectivity index (χ3n) is 6.43. The topological polar surface area (TPSA) is 74.2 Å². The zero-order valence-electron chi connectivity index (χ0n) is 19.3. The molecular formula is C25H21CuF3N5O2. The molecule has 11 heteroatoms. The van der Waals surface area contributed by atoms with E-state index in [0.717, 1.165) is 34.4 Å². The van der Waals surface area contributed by atoms with E-state index in [4.69, 9.17) is 0 Å². The van der Waals surface area contributed by atoms with Crippen LogP contribution in [0.5, 0.6) is 0 Å². The number of hydrogen-bond acceptors (Lipinski definition) is 3. The van der Waals surface area contributed by atoms with Crippen LogP contribution in [0.3, 0.4) is 0 Å². The third kappa shape index (κ3) is 4.40. The van der Waals surface area contributed by atoms with E-state index in [2.05, 4.69) is 14.9 Å². The van der Waals surface area contributed by atoms with Gasteiger partial charge < -0.3 is 14.8 Å². The maximum absolute atomic E-state index is 12.9. The Morgan fingerprint density at radius 3 is 2.53 bits per heavy atom. The number of carbonyl (C=O) groups excluding carboxylic acids is 1. The summed E-state index contributed by atoms with van der Waals surface area (Å²) in [5.41, 5.74) is 3.36. The van der Waals surface area contributed by atoms with Gasteiger partial charge in [0.05, 0.1) is 22.5 Å². The van der Waals surface area contributed by atoms with Gasteiger partial charge in [0.25, 0.3) is 5.56 Å². The van der Waals surface area contributed by atoms with Crippen molar-refractivity contribution in [3.05, 3.63) is 87.3 Å². The van der Waals surface area contributed by atoms with E-state index in [1.165, 1.54) is 23.7 Å². The van der Waals surface area contributed by atoms with Gasteiger partial charge in [0.15, 0.2) is 6.03 Å². The van der Waals surface area contributed by atoms with Gasteiger partial charge in [-0.1, -0.05) is 13.1 Å². The molecule has 1 aliphatic heterocycles. The van der Waals surface area contributed by atoms with Crippen LogP contribution in [-0.4, -0.2) is 38.6 Å². The minimum atomic E-state index is -4.47. The van der Waals surface area contributed by atoms with Gasteiger partial charge >= 0.3 is 23.2 Å². The Hall–Kier alpha value is -3.56. The van der Waals surface area contributed by atoms with Crippen LogP contribution in [0.25, 0.3) is 33.2 Å². The van der Waals surface area contributed by atoms with E-state index >= 15 is 0 Å².